The minimum atomic E-state index is -1.78. The zero-order valence-electron chi connectivity index (χ0n) is 34.4. The van der Waals surface area contributed by atoms with E-state index in [0.29, 0.717) is 32.4 Å². The van der Waals surface area contributed by atoms with Crippen molar-refractivity contribution < 1.29 is 43.9 Å². The predicted molar refractivity (Wildman–Crippen MR) is 208 cm³/mol. The number of aliphatic hydroxyl groups is 3. The number of aromatic nitrogens is 1. The van der Waals surface area contributed by atoms with Gasteiger partial charge in [0, 0.05) is 42.7 Å². The van der Waals surface area contributed by atoms with Crippen LogP contribution in [0.4, 0.5) is 0 Å². The van der Waals surface area contributed by atoms with Crippen molar-refractivity contribution in [2.45, 2.75) is 148 Å². The fourth-order valence-corrected chi connectivity index (χ4v) is 8.53. The Morgan fingerprint density at radius 2 is 1.76 bits per heavy atom. The second kappa shape index (κ2) is 18.6. The molecule has 0 unspecified atom stereocenters. The van der Waals surface area contributed by atoms with Gasteiger partial charge in [0.1, 0.15) is 29.8 Å². The normalized spacial score (nSPS) is 38.2. The van der Waals surface area contributed by atoms with Crippen LogP contribution in [0.15, 0.2) is 36.5 Å². The second-order valence-electron chi connectivity index (χ2n) is 16.8. The number of benzene rings is 1. The Labute approximate surface area is 322 Å². The summed E-state index contributed by atoms with van der Waals surface area (Å²) in [6, 6.07) is 9.38. The Morgan fingerprint density at radius 1 is 1.07 bits per heavy atom. The Morgan fingerprint density at radius 3 is 2.43 bits per heavy atom. The summed E-state index contributed by atoms with van der Waals surface area (Å²) in [6.07, 6.45) is -1.03. The van der Waals surface area contributed by atoms with Crippen LogP contribution in [0.3, 0.4) is 0 Å². The Balaban J connectivity index is 1.73. The van der Waals surface area contributed by atoms with Gasteiger partial charge in [-0.15, -0.1) is 0 Å². The van der Waals surface area contributed by atoms with Crippen molar-refractivity contribution in [3.8, 4) is 0 Å². The lowest BCUT2D eigenvalue weighted by Crippen LogP contribution is -2.59. The third-order valence-corrected chi connectivity index (χ3v) is 11.9. The highest BCUT2D eigenvalue weighted by molar-refractivity contribution is 6.00. The van der Waals surface area contributed by atoms with Gasteiger partial charge in [0.05, 0.1) is 23.3 Å². The maximum absolute atomic E-state index is 14.4. The lowest BCUT2D eigenvalue weighted by molar-refractivity contribution is -0.297. The standard InChI is InChI=1S/C42H67N3O9/c1-12-34-42(8,50)37(48)29(6)45(11)24-25(2)22-41(7,51-19-15-16-30-21-31-17-13-14-18-32(31)43-23-30)38(27(4)35(46)28(5)39(49)53-34)54-40-36(47)33(44(9)10)20-26(3)52-40/h13-14,17-18,21,23,25-29,33-34,36-38,40,47-48,50H,12,15-16,19-20,22,24H2,1-11H3/t25-,26-,27+,28-,29-,33+,34-,36-,37-,38-,40+,41+,42-/m1/s1. The van der Waals surface area contributed by atoms with Crippen molar-refractivity contribution in [1.82, 2.24) is 14.8 Å². The van der Waals surface area contributed by atoms with E-state index in [1.807, 2.05) is 82.2 Å². The monoisotopic (exact) mass is 757 g/mol. The number of Topliss-reactive ketones (excluding diaryl/α,β-unsaturated/α-hetero) is 1. The van der Waals surface area contributed by atoms with Crippen molar-refractivity contribution in [1.29, 1.82) is 0 Å². The van der Waals surface area contributed by atoms with Crippen LogP contribution >= 0.6 is 0 Å². The molecule has 3 N–H and O–H groups in total. The molecule has 12 heteroatoms. The number of hydrogen-bond acceptors (Lipinski definition) is 12. The molecule has 2 saturated heterocycles. The fraction of sp³-hybridized carbons (Fsp3) is 0.738. The smallest absolute Gasteiger partial charge is 0.316 e. The Kier molecular flexibility index (Phi) is 15.2. The van der Waals surface area contributed by atoms with E-state index in [1.54, 1.807) is 13.8 Å². The van der Waals surface area contributed by atoms with E-state index in [1.165, 1.54) is 13.8 Å². The Bertz CT molecular complexity index is 1540. The molecular formula is C42H67N3O9. The van der Waals surface area contributed by atoms with Gasteiger partial charge in [-0.05, 0) is 111 Å². The molecule has 0 spiro atoms. The van der Waals surface area contributed by atoms with E-state index < -0.39 is 71.5 Å². The molecule has 304 valence electrons. The van der Waals surface area contributed by atoms with Gasteiger partial charge < -0.3 is 44.1 Å². The number of likely N-dealkylation sites (N-methyl/N-ethyl adjacent to an activating group) is 2. The highest BCUT2D eigenvalue weighted by Gasteiger charge is 2.50. The largest absolute Gasteiger partial charge is 0.459 e. The number of nitrogens with zero attached hydrogens (tertiary/aromatic N) is 3. The average molecular weight is 758 g/mol. The molecule has 1 aromatic heterocycles. The number of fused-ring (bicyclic) bond motifs is 1. The van der Waals surface area contributed by atoms with Crippen LogP contribution in [0.5, 0.6) is 0 Å². The second-order valence-corrected chi connectivity index (χ2v) is 16.8. The topological polar surface area (TPSA) is 151 Å². The van der Waals surface area contributed by atoms with Gasteiger partial charge in [-0.25, -0.2) is 0 Å². The molecule has 0 bridgehead atoms. The number of ether oxygens (including phenoxy) is 4. The SMILES string of the molecule is CC[C@H]1OC(=O)[C@H](C)C(=O)[C@H](C)[C@@H](O[C@@H]2O[C@H](C)C[C@H](N(C)C)[C@H]2O)[C@@](C)(OCCCc2cnc3ccccc3c2)C[C@@H](C)CN(C)[C@H](C)[C@@H](O)[C@]1(C)O. The van der Waals surface area contributed by atoms with Crippen LogP contribution < -0.4 is 0 Å². The molecule has 4 rings (SSSR count). The van der Waals surface area contributed by atoms with Crippen LogP contribution in [0, 0.1) is 17.8 Å². The van der Waals surface area contributed by atoms with Gasteiger partial charge in [0.15, 0.2) is 12.1 Å². The van der Waals surface area contributed by atoms with E-state index in [2.05, 4.69) is 18.0 Å². The van der Waals surface area contributed by atoms with Gasteiger partial charge in [0.25, 0.3) is 0 Å². The minimum absolute atomic E-state index is 0.0502. The van der Waals surface area contributed by atoms with Gasteiger partial charge in [-0.3, -0.25) is 14.6 Å². The molecule has 0 saturated carbocycles. The molecule has 0 amide bonds. The maximum Gasteiger partial charge on any atom is 0.316 e. The molecule has 0 aliphatic carbocycles. The van der Waals surface area contributed by atoms with Crippen LogP contribution in [0.1, 0.15) is 86.6 Å². The molecule has 3 heterocycles. The quantitative estimate of drug-likeness (QED) is 0.189. The zero-order chi connectivity index (χ0) is 40.1. The summed E-state index contributed by atoms with van der Waals surface area (Å²) in [7, 11) is 5.70. The number of cyclic esters (lactones) is 1. The first-order chi connectivity index (χ1) is 25.3. The fourth-order valence-electron chi connectivity index (χ4n) is 8.53. The van der Waals surface area contributed by atoms with Crippen molar-refractivity contribution >= 4 is 22.7 Å². The first-order valence-corrected chi connectivity index (χ1v) is 19.8. The number of pyridine rings is 1. The molecule has 12 nitrogen and oxygen atoms in total. The number of hydrogen-bond donors (Lipinski definition) is 3. The molecule has 1 aromatic carbocycles. The van der Waals surface area contributed by atoms with Crippen LogP contribution in [-0.4, -0.2) is 136 Å². The lowest BCUT2D eigenvalue weighted by Gasteiger charge is -2.47. The van der Waals surface area contributed by atoms with Crippen LogP contribution in [0.25, 0.3) is 10.9 Å². The molecule has 2 aliphatic rings. The number of aryl methyl sites for hydroxylation is 1. The molecule has 2 aliphatic heterocycles. The first-order valence-electron chi connectivity index (χ1n) is 19.8. The molecule has 2 fully saturated rings. The number of carbonyl (C=O) groups is 2. The summed E-state index contributed by atoms with van der Waals surface area (Å²) in [5.74, 6) is -3.38. The molecule has 54 heavy (non-hydrogen) atoms. The van der Waals surface area contributed by atoms with E-state index in [4.69, 9.17) is 18.9 Å². The molecule has 13 atom stereocenters. The predicted octanol–water partition coefficient (Wildman–Crippen LogP) is 4.39. The first kappa shape index (κ1) is 44.2. The third-order valence-electron chi connectivity index (χ3n) is 11.9. The van der Waals surface area contributed by atoms with Crippen LogP contribution in [-0.2, 0) is 35.0 Å². The van der Waals surface area contributed by atoms with E-state index >= 15 is 0 Å². The van der Waals surface area contributed by atoms with Crippen molar-refractivity contribution in [2.75, 3.05) is 34.3 Å². The number of esters is 1. The number of rotatable bonds is 9. The zero-order valence-corrected chi connectivity index (χ0v) is 34.4. The molecule has 2 aromatic rings. The highest BCUT2D eigenvalue weighted by Crippen LogP contribution is 2.38. The summed E-state index contributed by atoms with van der Waals surface area (Å²) in [5, 5.41) is 35.7. The van der Waals surface area contributed by atoms with E-state index in [0.717, 1.165) is 22.9 Å². The highest BCUT2D eigenvalue weighted by atomic mass is 16.7. The van der Waals surface area contributed by atoms with Gasteiger partial charge in [-0.1, -0.05) is 39.0 Å². The molecular weight excluding hydrogens is 690 g/mol. The average Bonchev–Trinajstić information content (AvgIpc) is 3.13. The summed E-state index contributed by atoms with van der Waals surface area (Å²) in [6.45, 7) is 15.1. The van der Waals surface area contributed by atoms with Crippen molar-refractivity contribution in [2.24, 2.45) is 17.8 Å². The summed E-state index contributed by atoms with van der Waals surface area (Å²) in [5.41, 5.74) is -0.866. The molecule has 0 radical (unpaired) electrons. The van der Waals surface area contributed by atoms with Gasteiger partial charge in [0.2, 0.25) is 0 Å². The minimum Gasteiger partial charge on any atom is -0.459 e. The van der Waals surface area contributed by atoms with Gasteiger partial charge >= 0.3 is 5.97 Å². The summed E-state index contributed by atoms with van der Waals surface area (Å²) in [4.78, 5) is 36.6. The number of aliphatic hydroxyl groups excluding tert-OH is 2. The summed E-state index contributed by atoms with van der Waals surface area (Å²) >= 11 is 0. The number of para-hydroxylation sites is 1. The maximum atomic E-state index is 14.4. The number of ketones is 1. The van der Waals surface area contributed by atoms with Crippen LogP contribution in [0.2, 0.25) is 0 Å². The lowest BCUT2D eigenvalue weighted by atomic mass is 9.78. The van der Waals surface area contributed by atoms with Crippen molar-refractivity contribution in [3.05, 3.63) is 42.1 Å². The van der Waals surface area contributed by atoms with Crippen molar-refractivity contribution in [3.63, 3.8) is 0 Å². The third kappa shape index (κ3) is 10.2. The number of carbonyl (C=O) groups excluding carboxylic acids is 2. The van der Waals surface area contributed by atoms with Gasteiger partial charge in [-0.2, -0.15) is 0 Å². The van der Waals surface area contributed by atoms with E-state index in [9.17, 15) is 24.9 Å². The van der Waals surface area contributed by atoms with E-state index in [-0.39, 0.29) is 24.5 Å². The summed E-state index contributed by atoms with van der Waals surface area (Å²) < 4.78 is 25.8. The Hall–Kier alpha value is -2.55.